The van der Waals surface area contributed by atoms with Crippen molar-refractivity contribution in [2.75, 3.05) is 19.6 Å². The number of nitrogens with one attached hydrogen (secondary N) is 2. The number of hydrogen-bond acceptors (Lipinski definition) is 3. The van der Waals surface area contributed by atoms with Gasteiger partial charge in [-0.15, -0.1) is 0 Å². The van der Waals surface area contributed by atoms with Crippen LogP contribution in [0.25, 0.3) is 0 Å². The highest BCUT2D eigenvalue weighted by Crippen LogP contribution is 2.16. The Hall–Kier alpha value is -2.33. The molecule has 4 nitrogen and oxygen atoms in total. The van der Waals surface area contributed by atoms with Crippen molar-refractivity contribution in [2.45, 2.75) is 19.4 Å². The van der Waals surface area contributed by atoms with Gasteiger partial charge in [0, 0.05) is 12.1 Å². The first kappa shape index (κ1) is 16.5. The Bertz CT molecular complexity index is 652. The molecule has 0 spiro atoms. The second-order valence-electron chi connectivity index (χ2n) is 6.22. The SMILES string of the molecule is O=C(NCC1CCCNC1)c1cccc(OCc2ccccc2)c1. The van der Waals surface area contributed by atoms with Crippen LogP contribution in [0, 0.1) is 5.92 Å². The molecule has 1 fully saturated rings. The van der Waals surface area contributed by atoms with Crippen LogP contribution in [0.5, 0.6) is 5.75 Å². The molecular formula is C20H24N2O2. The molecule has 0 bridgehead atoms. The van der Waals surface area contributed by atoms with Crippen LogP contribution in [0.3, 0.4) is 0 Å². The van der Waals surface area contributed by atoms with Gasteiger partial charge in [-0.2, -0.15) is 0 Å². The van der Waals surface area contributed by atoms with E-state index in [1.165, 1.54) is 12.8 Å². The van der Waals surface area contributed by atoms with Crippen molar-refractivity contribution >= 4 is 5.91 Å². The fraction of sp³-hybridized carbons (Fsp3) is 0.350. The predicted molar refractivity (Wildman–Crippen MR) is 95.1 cm³/mol. The van der Waals surface area contributed by atoms with E-state index in [0.717, 1.165) is 25.2 Å². The van der Waals surface area contributed by atoms with E-state index in [2.05, 4.69) is 10.6 Å². The zero-order chi connectivity index (χ0) is 16.6. The van der Waals surface area contributed by atoms with Crippen LogP contribution in [0.4, 0.5) is 0 Å². The minimum Gasteiger partial charge on any atom is -0.489 e. The van der Waals surface area contributed by atoms with E-state index in [1.807, 2.05) is 48.5 Å². The van der Waals surface area contributed by atoms with Gasteiger partial charge in [0.15, 0.2) is 0 Å². The number of hydrogen-bond donors (Lipinski definition) is 2. The van der Waals surface area contributed by atoms with Gasteiger partial charge >= 0.3 is 0 Å². The van der Waals surface area contributed by atoms with Crippen LogP contribution in [-0.2, 0) is 6.61 Å². The summed E-state index contributed by atoms with van der Waals surface area (Å²) < 4.78 is 5.79. The number of ether oxygens (including phenoxy) is 1. The average molecular weight is 324 g/mol. The number of carbonyl (C=O) groups is 1. The molecule has 24 heavy (non-hydrogen) atoms. The maximum Gasteiger partial charge on any atom is 0.251 e. The van der Waals surface area contributed by atoms with Gasteiger partial charge in [0.2, 0.25) is 0 Å². The average Bonchev–Trinajstić information content (AvgIpc) is 2.66. The Morgan fingerprint density at radius 3 is 2.83 bits per heavy atom. The van der Waals surface area contributed by atoms with Crippen molar-refractivity contribution in [1.82, 2.24) is 10.6 Å². The van der Waals surface area contributed by atoms with Gasteiger partial charge in [0.1, 0.15) is 12.4 Å². The summed E-state index contributed by atoms with van der Waals surface area (Å²) in [5.41, 5.74) is 1.75. The summed E-state index contributed by atoms with van der Waals surface area (Å²) in [6, 6.07) is 17.4. The lowest BCUT2D eigenvalue weighted by Gasteiger charge is -2.22. The van der Waals surface area contributed by atoms with Crippen molar-refractivity contribution in [2.24, 2.45) is 5.92 Å². The molecule has 1 unspecified atom stereocenters. The summed E-state index contributed by atoms with van der Waals surface area (Å²) in [5, 5.41) is 6.40. The summed E-state index contributed by atoms with van der Waals surface area (Å²) in [4.78, 5) is 12.3. The topological polar surface area (TPSA) is 50.4 Å². The van der Waals surface area contributed by atoms with E-state index in [1.54, 1.807) is 6.07 Å². The molecule has 0 radical (unpaired) electrons. The highest BCUT2D eigenvalue weighted by atomic mass is 16.5. The molecule has 1 aliphatic rings. The summed E-state index contributed by atoms with van der Waals surface area (Å²) in [6.45, 7) is 3.30. The van der Waals surface area contributed by atoms with E-state index in [4.69, 9.17) is 4.74 Å². The number of amides is 1. The van der Waals surface area contributed by atoms with E-state index in [9.17, 15) is 4.79 Å². The Labute approximate surface area is 143 Å². The van der Waals surface area contributed by atoms with Crippen LogP contribution < -0.4 is 15.4 Å². The molecule has 0 aromatic heterocycles. The van der Waals surface area contributed by atoms with Crippen LogP contribution in [0.15, 0.2) is 54.6 Å². The Balaban J connectivity index is 1.52. The third kappa shape index (κ3) is 4.83. The summed E-state index contributed by atoms with van der Waals surface area (Å²) in [7, 11) is 0. The minimum atomic E-state index is -0.0364. The molecule has 2 aromatic carbocycles. The first-order chi connectivity index (χ1) is 11.8. The Morgan fingerprint density at radius 2 is 2.04 bits per heavy atom. The van der Waals surface area contributed by atoms with Gasteiger partial charge in [-0.1, -0.05) is 36.4 Å². The first-order valence-electron chi connectivity index (χ1n) is 8.57. The summed E-state index contributed by atoms with van der Waals surface area (Å²) >= 11 is 0. The number of carbonyl (C=O) groups excluding carboxylic acids is 1. The molecule has 126 valence electrons. The van der Waals surface area contributed by atoms with E-state index < -0.39 is 0 Å². The first-order valence-corrected chi connectivity index (χ1v) is 8.57. The number of benzene rings is 2. The standard InChI is InChI=1S/C20H24N2O2/c23-20(22-14-17-8-5-11-21-13-17)18-9-4-10-19(12-18)24-15-16-6-2-1-3-7-16/h1-4,6-7,9-10,12,17,21H,5,8,11,13-15H2,(H,22,23). The van der Waals surface area contributed by atoms with Crippen molar-refractivity contribution < 1.29 is 9.53 Å². The molecule has 1 aliphatic heterocycles. The molecule has 2 aromatic rings. The highest BCUT2D eigenvalue weighted by molar-refractivity contribution is 5.94. The largest absolute Gasteiger partial charge is 0.489 e. The maximum atomic E-state index is 12.3. The molecule has 1 atom stereocenters. The molecular weight excluding hydrogens is 300 g/mol. The minimum absolute atomic E-state index is 0.0364. The second kappa shape index (κ2) is 8.50. The lowest BCUT2D eigenvalue weighted by molar-refractivity contribution is 0.0944. The zero-order valence-electron chi connectivity index (χ0n) is 13.8. The monoisotopic (exact) mass is 324 g/mol. The van der Waals surface area contributed by atoms with Gasteiger partial charge in [-0.3, -0.25) is 4.79 Å². The van der Waals surface area contributed by atoms with Crippen LogP contribution in [0.1, 0.15) is 28.8 Å². The molecule has 1 saturated heterocycles. The fourth-order valence-corrected chi connectivity index (χ4v) is 2.91. The number of piperidine rings is 1. The quantitative estimate of drug-likeness (QED) is 0.859. The van der Waals surface area contributed by atoms with Crippen LogP contribution in [-0.4, -0.2) is 25.5 Å². The molecule has 1 heterocycles. The van der Waals surface area contributed by atoms with Crippen LogP contribution >= 0.6 is 0 Å². The van der Waals surface area contributed by atoms with Crippen molar-refractivity contribution in [3.8, 4) is 5.75 Å². The highest BCUT2D eigenvalue weighted by Gasteiger charge is 2.14. The second-order valence-corrected chi connectivity index (χ2v) is 6.22. The van der Waals surface area contributed by atoms with Crippen molar-refractivity contribution in [3.63, 3.8) is 0 Å². The molecule has 2 N–H and O–H groups in total. The smallest absolute Gasteiger partial charge is 0.251 e. The molecule has 0 saturated carbocycles. The molecule has 1 amide bonds. The van der Waals surface area contributed by atoms with Gasteiger partial charge < -0.3 is 15.4 Å². The Kier molecular flexibility index (Phi) is 5.85. The normalized spacial score (nSPS) is 17.2. The van der Waals surface area contributed by atoms with Gasteiger partial charge in [-0.05, 0) is 55.6 Å². The molecule has 0 aliphatic carbocycles. The third-order valence-corrected chi connectivity index (χ3v) is 4.29. The molecule has 3 rings (SSSR count). The van der Waals surface area contributed by atoms with Crippen LogP contribution in [0.2, 0.25) is 0 Å². The third-order valence-electron chi connectivity index (χ3n) is 4.29. The lowest BCUT2D eigenvalue weighted by atomic mass is 9.99. The summed E-state index contributed by atoms with van der Waals surface area (Å²) in [5.74, 6) is 1.21. The number of rotatable bonds is 6. The predicted octanol–water partition coefficient (Wildman–Crippen LogP) is 3.00. The van der Waals surface area contributed by atoms with Crippen molar-refractivity contribution in [1.29, 1.82) is 0 Å². The fourth-order valence-electron chi connectivity index (χ4n) is 2.91. The van der Waals surface area contributed by atoms with Crippen molar-refractivity contribution in [3.05, 3.63) is 65.7 Å². The van der Waals surface area contributed by atoms with E-state index in [0.29, 0.717) is 23.8 Å². The van der Waals surface area contributed by atoms with Gasteiger partial charge in [-0.25, -0.2) is 0 Å². The zero-order valence-corrected chi connectivity index (χ0v) is 13.8. The van der Waals surface area contributed by atoms with Gasteiger partial charge in [0.25, 0.3) is 5.91 Å². The van der Waals surface area contributed by atoms with Gasteiger partial charge in [0.05, 0.1) is 0 Å². The summed E-state index contributed by atoms with van der Waals surface area (Å²) in [6.07, 6.45) is 2.36. The Morgan fingerprint density at radius 1 is 1.17 bits per heavy atom. The van der Waals surface area contributed by atoms with E-state index in [-0.39, 0.29) is 5.91 Å². The maximum absolute atomic E-state index is 12.3. The molecule has 4 heteroatoms. The van der Waals surface area contributed by atoms with E-state index >= 15 is 0 Å². The lowest BCUT2D eigenvalue weighted by Crippen LogP contribution is -2.38.